The molecule has 1 aromatic carbocycles. The molecule has 0 saturated carbocycles. The smallest absolute Gasteiger partial charge is 0.309 e. The van der Waals surface area contributed by atoms with E-state index in [2.05, 4.69) is 6.92 Å². The van der Waals surface area contributed by atoms with Gasteiger partial charge >= 0.3 is 11.9 Å². The third kappa shape index (κ3) is 16.6. The van der Waals surface area contributed by atoms with Crippen molar-refractivity contribution in [2.45, 2.75) is 188 Å². The van der Waals surface area contributed by atoms with Crippen LogP contribution in [0.15, 0.2) is 12.1 Å². The summed E-state index contributed by atoms with van der Waals surface area (Å²) in [5.74, 6) is -0.466. The Labute approximate surface area is 264 Å². The minimum Gasteiger partial charge on any atom is -0.507 e. The first-order valence-corrected chi connectivity index (χ1v) is 17.5. The third-order valence-corrected chi connectivity index (χ3v) is 8.30. The lowest BCUT2D eigenvalue weighted by Gasteiger charge is -2.29. The summed E-state index contributed by atoms with van der Waals surface area (Å²) in [6.07, 6.45) is 20.3. The van der Waals surface area contributed by atoms with E-state index >= 15 is 0 Å². The van der Waals surface area contributed by atoms with Gasteiger partial charge in [0.05, 0.1) is 13.0 Å². The van der Waals surface area contributed by atoms with E-state index in [-0.39, 0.29) is 41.4 Å². The number of ether oxygens (including phenoxy) is 2. The van der Waals surface area contributed by atoms with Crippen molar-refractivity contribution < 1.29 is 24.2 Å². The standard InChI is InChI=1S/C38H66O5/c1-9-11-12-13-14-15-16-17-18-19-20-21-22-23-24-25-26-42-35(40)29-33(43-34(39)10-2)30-27-31(37(3,4)5)36(41)32(28-30)38(6,7)8/h27-28,33,41H,9-26,29H2,1-8H3. The monoisotopic (exact) mass is 602 g/mol. The topological polar surface area (TPSA) is 72.8 Å². The summed E-state index contributed by atoms with van der Waals surface area (Å²) in [5, 5.41) is 11.1. The van der Waals surface area contributed by atoms with Crippen molar-refractivity contribution in [1.82, 2.24) is 0 Å². The van der Waals surface area contributed by atoms with Crippen LogP contribution < -0.4 is 0 Å². The fourth-order valence-electron chi connectivity index (χ4n) is 5.50. The highest BCUT2D eigenvalue weighted by atomic mass is 16.6. The summed E-state index contributed by atoms with van der Waals surface area (Å²) < 4.78 is 11.3. The molecule has 0 aliphatic rings. The highest BCUT2D eigenvalue weighted by Gasteiger charge is 2.30. The minimum atomic E-state index is -0.756. The van der Waals surface area contributed by atoms with Crippen LogP contribution in [0.4, 0.5) is 0 Å². The fourth-order valence-corrected chi connectivity index (χ4v) is 5.50. The van der Waals surface area contributed by atoms with Crippen LogP contribution in [0.25, 0.3) is 0 Å². The summed E-state index contributed by atoms with van der Waals surface area (Å²) in [6, 6.07) is 3.75. The molecule has 1 atom stereocenters. The largest absolute Gasteiger partial charge is 0.507 e. The van der Waals surface area contributed by atoms with Gasteiger partial charge in [-0.05, 0) is 46.1 Å². The van der Waals surface area contributed by atoms with E-state index in [4.69, 9.17) is 9.47 Å². The van der Waals surface area contributed by atoms with Crippen molar-refractivity contribution in [2.24, 2.45) is 0 Å². The minimum absolute atomic E-state index is 0.0391. The van der Waals surface area contributed by atoms with Gasteiger partial charge in [0.25, 0.3) is 0 Å². The molecule has 248 valence electrons. The van der Waals surface area contributed by atoms with Crippen molar-refractivity contribution in [3.05, 3.63) is 28.8 Å². The second-order valence-corrected chi connectivity index (χ2v) is 14.5. The molecule has 0 amide bonds. The predicted octanol–water partition coefficient (Wildman–Crippen LogP) is 11.2. The predicted molar refractivity (Wildman–Crippen MR) is 180 cm³/mol. The van der Waals surface area contributed by atoms with Crippen molar-refractivity contribution in [1.29, 1.82) is 0 Å². The normalized spacial score (nSPS) is 12.7. The number of esters is 2. The molecule has 0 bridgehead atoms. The number of hydrogen-bond acceptors (Lipinski definition) is 5. The Kier molecular flexibility index (Phi) is 18.9. The highest BCUT2D eigenvalue weighted by molar-refractivity contribution is 5.73. The molecule has 5 nitrogen and oxygen atoms in total. The van der Waals surface area contributed by atoms with Gasteiger partial charge < -0.3 is 14.6 Å². The van der Waals surface area contributed by atoms with Gasteiger partial charge in [-0.25, -0.2) is 0 Å². The zero-order valence-electron chi connectivity index (χ0n) is 29.2. The lowest BCUT2D eigenvalue weighted by atomic mass is 9.77. The van der Waals surface area contributed by atoms with E-state index in [0.29, 0.717) is 12.2 Å². The summed E-state index contributed by atoms with van der Waals surface area (Å²) in [6.45, 7) is 16.6. The molecule has 1 N–H and O–H groups in total. The Hall–Kier alpha value is -2.04. The van der Waals surface area contributed by atoms with Crippen molar-refractivity contribution in [2.75, 3.05) is 6.61 Å². The van der Waals surface area contributed by atoms with Crippen LogP contribution in [0.3, 0.4) is 0 Å². The van der Waals surface area contributed by atoms with Crippen molar-refractivity contribution in [3.8, 4) is 5.75 Å². The summed E-state index contributed by atoms with van der Waals surface area (Å²) in [5.41, 5.74) is 1.61. The maximum Gasteiger partial charge on any atom is 0.309 e. The van der Waals surface area contributed by atoms with E-state index in [1.165, 1.54) is 89.9 Å². The Morgan fingerprint density at radius 2 is 1.05 bits per heavy atom. The van der Waals surface area contributed by atoms with E-state index in [1.54, 1.807) is 6.92 Å². The molecule has 0 radical (unpaired) electrons. The van der Waals surface area contributed by atoms with Crippen LogP contribution >= 0.6 is 0 Å². The van der Waals surface area contributed by atoms with Crippen LogP contribution in [0.1, 0.15) is 194 Å². The molecule has 0 aliphatic carbocycles. The SMILES string of the molecule is CCCCCCCCCCCCCCCCCCOC(=O)CC(OC(=O)CC)c1cc(C(C)(C)C)c(O)c(C(C)(C)C)c1. The molecule has 43 heavy (non-hydrogen) atoms. The number of hydrogen-bond donors (Lipinski definition) is 1. The van der Waals surface area contributed by atoms with Gasteiger partial charge in [-0.2, -0.15) is 0 Å². The quantitative estimate of drug-likeness (QED) is 0.106. The number of unbranched alkanes of at least 4 members (excludes halogenated alkanes) is 15. The van der Waals surface area contributed by atoms with Crippen LogP contribution in [0.5, 0.6) is 5.75 Å². The number of phenols is 1. The number of benzene rings is 1. The Morgan fingerprint density at radius 3 is 1.42 bits per heavy atom. The molecule has 0 saturated heterocycles. The lowest BCUT2D eigenvalue weighted by molar-refractivity contribution is -0.155. The van der Waals surface area contributed by atoms with Crippen molar-refractivity contribution >= 4 is 11.9 Å². The number of phenolic OH excluding ortho intramolecular Hbond substituents is 1. The van der Waals surface area contributed by atoms with Gasteiger partial charge in [-0.15, -0.1) is 0 Å². The first kappa shape index (κ1) is 39.0. The second-order valence-electron chi connectivity index (χ2n) is 14.5. The van der Waals surface area contributed by atoms with Crippen LogP contribution in [0, 0.1) is 0 Å². The van der Waals surface area contributed by atoms with E-state index < -0.39 is 6.10 Å². The number of carbonyl (C=O) groups excluding carboxylic acids is 2. The van der Waals surface area contributed by atoms with Crippen LogP contribution in [0.2, 0.25) is 0 Å². The van der Waals surface area contributed by atoms with Gasteiger partial charge in [0, 0.05) is 6.42 Å². The van der Waals surface area contributed by atoms with Gasteiger partial charge in [0.2, 0.25) is 0 Å². The summed E-state index contributed by atoms with van der Waals surface area (Å²) >= 11 is 0. The van der Waals surface area contributed by atoms with E-state index in [9.17, 15) is 14.7 Å². The molecular formula is C38H66O5. The van der Waals surface area contributed by atoms with Gasteiger partial charge in [-0.1, -0.05) is 152 Å². The number of aromatic hydroxyl groups is 1. The average Bonchev–Trinajstić information content (AvgIpc) is 2.93. The first-order chi connectivity index (χ1) is 20.3. The molecule has 0 spiro atoms. The highest BCUT2D eigenvalue weighted by Crippen LogP contribution is 2.42. The zero-order chi connectivity index (χ0) is 32.3. The van der Waals surface area contributed by atoms with Gasteiger partial charge in [-0.3, -0.25) is 9.59 Å². The second kappa shape index (κ2) is 20.8. The molecule has 0 aliphatic heterocycles. The van der Waals surface area contributed by atoms with E-state index in [1.807, 2.05) is 53.7 Å². The molecular weight excluding hydrogens is 536 g/mol. The van der Waals surface area contributed by atoms with Crippen molar-refractivity contribution in [3.63, 3.8) is 0 Å². The summed E-state index contributed by atoms with van der Waals surface area (Å²) in [4.78, 5) is 25.1. The zero-order valence-corrected chi connectivity index (χ0v) is 29.2. The molecule has 5 heteroatoms. The van der Waals surface area contributed by atoms with Crippen LogP contribution in [-0.4, -0.2) is 23.7 Å². The maximum atomic E-state index is 12.8. The lowest BCUT2D eigenvalue weighted by Crippen LogP contribution is -2.21. The average molecular weight is 603 g/mol. The summed E-state index contributed by atoms with van der Waals surface area (Å²) in [7, 11) is 0. The third-order valence-electron chi connectivity index (χ3n) is 8.30. The Balaban J connectivity index is 2.45. The fraction of sp³-hybridized carbons (Fsp3) is 0.789. The number of rotatable bonds is 22. The Bertz CT molecular complexity index is 886. The van der Waals surface area contributed by atoms with Crippen LogP contribution in [-0.2, 0) is 29.9 Å². The van der Waals surface area contributed by atoms with E-state index in [0.717, 1.165) is 24.0 Å². The maximum absolute atomic E-state index is 12.8. The molecule has 0 heterocycles. The number of carbonyl (C=O) groups is 2. The van der Waals surface area contributed by atoms with Gasteiger partial charge in [0.1, 0.15) is 11.9 Å². The molecule has 0 fully saturated rings. The molecule has 1 rings (SSSR count). The first-order valence-electron chi connectivity index (χ1n) is 17.5. The molecule has 1 aromatic rings. The molecule has 1 unspecified atom stereocenters. The Morgan fingerprint density at radius 1 is 0.651 bits per heavy atom. The molecule has 0 aromatic heterocycles. The van der Waals surface area contributed by atoms with Gasteiger partial charge in [0.15, 0.2) is 0 Å².